The summed E-state index contributed by atoms with van der Waals surface area (Å²) in [6, 6.07) is 23.5. The lowest BCUT2D eigenvalue weighted by Crippen LogP contribution is -2.59. The number of aromatic nitrogens is 4. The third kappa shape index (κ3) is 17.3. The molecule has 0 radical (unpaired) electrons. The number of anilines is 2. The van der Waals surface area contributed by atoms with Crippen LogP contribution >= 0.6 is 0 Å². The first-order valence-electron chi connectivity index (χ1n) is 33.6. The molecular weight excluding hydrogens is 1130 g/mol. The van der Waals surface area contributed by atoms with Gasteiger partial charge in [-0.3, -0.25) is 19.2 Å². The Labute approximate surface area is 532 Å². The van der Waals surface area contributed by atoms with Crippen LogP contribution in [0.25, 0.3) is 22.8 Å². The average molecular weight is 1230 g/mol. The lowest BCUT2D eigenvalue weighted by molar-refractivity contribution is -0.157. The number of carbonyl (C=O) groups excluding carboxylic acids is 5. The zero-order valence-electron chi connectivity index (χ0n) is 53.6. The molecule has 6 heterocycles. The van der Waals surface area contributed by atoms with E-state index in [0.29, 0.717) is 31.2 Å². The highest BCUT2D eigenvalue weighted by atomic mass is 16.5. The summed E-state index contributed by atoms with van der Waals surface area (Å²) in [4.78, 5) is 89.1. The zero-order valence-corrected chi connectivity index (χ0v) is 53.6. The van der Waals surface area contributed by atoms with Crippen molar-refractivity contribution in [3.63, 3.8) is 0 Å². The first-order chi connectivity index (χ1) is 43.8. The first kappa shape index (κ1) is 65.5. The molecule has 3 amide bonds. The van der Waals surface area contributed by atoms with Crippen molar-refractivity contribution in [2.24, 2.45) is 53.1 Å². The van der Waals surface area contributed by atoms with Crippen LogP contribution in [0.2, 0.25) is 0 Å². The maximum atomic E-state index is 13.5. The highest BCUT2D eigenvalue weighted by Gasteiger charge is 2.41. The number of benzene rings is 3. The number of esters is 2. The Bertz CT molecular complexity index is 3070. The number of nitrogens with one attached hydrogen (secondary N) is 1. The summed E-state index contributed by atoms with van der Waals surface area (Å²) in [7, 11) is 2.70. The number of likely N-dealkylation sites (tertiary alicyclic amines) is 2. The fourth-order valence-corrected chi connectivity index (χ4v) is 14.9. The number of methoxy groups -OCH3 is 2. The molecule has 0 bridgehead atoms. The van der Waals surface area contributed by atoms with Crippen LogP contribution in [0.15, 0.2) is 104 Å². The fraction of sp³-hybridized carbons (Fsp3) is 0.569. The molecule has 6 fully saturated rings. The second kappa shape index (κ2) is 32.0. The zero-order chi connectivity index (χ0) is 62.9. The van der Waals surface area contributed by atoms with E-state index >= 15 is 0 Å². The largest absolute Gasteiger partial charge is 0.469 e. The van der Waals surface area contributed by atoms with Crippen molar-refractivity contribution >= 4 is 41.2 Å². The van der Waals surface area contributed by atoms with E-state index < -0.39 is 18.2 Å². The van der Waals surface area contributed by atoms with Gasteiger partial charge in [0.05, 0.1) is 68.3 Å². The van der Waals surface area contributed by atoms with Gasteiger partial charge < -0.3 is 44.9 Å². The van der Waals surface area contributed by atoms with Crippen molar-refractivity contribution in [1.29, 1.82) is 0 Å². The Balaban J connectivity index is 0.000000203. The van der Waals surface area contributed by atoms with Gasteiger partial charge >= 0.3 is 18.0 Å². The molecule has 4 saturated heterocycles. The number of nitrogens with two attached hydrogens (primary N) is 1. The van der Waals surface area contributed by atoms with E-state index in [1.807, 2.05) is 104 Å². The molecule has 2 aliphatic carbocycles. The Hall–Kier alpha value is -7.47. The van der Waals surface area contributed by atoms with Gasteiger partial charge in [0.25, 0.3) is 0 Å². The highest BCUT2D eigenvalue weighted by molar-refractivity contribution is 5.88. The molecule has 6 aliphatic rings. The number of hydrogen-bond acceptors (Lipinski definition) is 15. The van der Waals surface area contributed by atoms with Crippen LogP contribution < -0.4 is 20.9 Å². The van der Waals surface area contributed by atoms with Crippen LogP contribution in [0.1, 0.15) is 133 Å². The number of alkyl carbamates (subject to hydrolysis) is 1. The van der Waals surface area contributed by atoms with Gasteiger partial charge in [-0.2, -0.15) is 0 Å². The van der Waals surface area contributed by atoms with Gasteiger partial charge in [-0.1, -0.05) is 144 Å². The summed E-state index contributed by atoms with van der Waals surface area (Å²) >= 11 is 0. The van der Waals surface area contributed by atoms with Gasteiger partial charge in [0.2, 0.25) is 11.8 Å². The second-order valence-electron chi connectivity index (χ2n) is 26.4. The Kier molecular flexibility index (Phi) is 23.3. The van der Waals surface area contributed by atoms with Gasteiger partial charge in [0, 0.05) is 69.9 Å². The van der Waals surface area contributed by atoms with Gasteiger partial charge in [-0.15, -0.1) is 0 Å². The summed E-state index contributed by atoms with van der Waals surface area (Å²) in [5.74, 6) is 5.23. The molecule has 90 heavy (non-hydrogen) atoms. The molecule has 11 rings (SSSR count). The monoisotopic (exact) mass is 1230 g/mol. The number of ether oxygens (including phenoxy) is 3. The van der Waals surface area contributed by atoms with Gasteiger partial charge in [-0.25, -0.2) is 24.7 Å². The van der Waals surface area contributed by atoms with Crippen LogP contribution in [0.4, 0.5) is 16.2 Å². The third-order valence-corrected chi connectivity index (χ3v) is 20.5. The number of amides is 3. The minimum absolute atomic E-state index is 0.0908. The van der Waals surface area contributed by atoms with E-state index in [2.05, 4.69) is 38.9 Å². The molecular formula is C72H96N10O8. The molecule has 2 saturated carbocycles. The van der Waals surface area contributed by atoms with Crippen LogP contribution in [0.3, 0.4) is 0 Å². The first-order valence-corrected chi connectivity index (χ1v) is 33.6. The predicted octanol–water partition coefficient (Wildman–Crippen LogP) is 10.9. The average Bonchev–Trinajstić information content (AvgIpc) is 1.07. The van der Waals surface area contributed by atoms with Crippen molar-refractivity contribution in [3.05, 3.63) is 120 Å². The van der Waals surface area contributed by atoms with E-state index in [1.54, 1.807) is 9.80 Å². The van der Waals surface area contributed by atoms with E-state index in [4.69, 9.17) is 29.9 Å². The van der Waals surface area contributed by atoms with Crippen molar-refractivity contribution in [2.75, 3.05) is 76.4 Å². The predicted molar refractivity (Wildman–Crippen MR) is 349 cm³/mol. The number of nitrogens with zero attached hydrogens (tertiary/aromatic N) is 8. The SMILES string of the molecule is CCCC1CCC(C2CCN(c3cnc(-c4ccc(C[C@H](N)C(=O)N5CC(C(=O)OC)C5)cc4)nc3)CC2)CC1.CCCC1CCC(C2CCN(c3cnc(-c4ccc(C[C@H](NC(=O)OCc5ccccc5)C(=O)N5CC(C(=O)OC)C5)cc4)nc3)CC2)CC1. The molecule has 4 aliphatic heterocycles. The molecule has 18 heteroatoms. The Morgan fingerprint density at radius 2 is 0.911 bits per heavy atom. The van der Waals surface area contributed by atoms with Crippen LogP contribution in [-0.4, -0.2) is 138 Å². The number of piperidine rings is 2. The van der Waals surface area contributed by atoms with Gasteiger partial charge in [-0.05, 0) is 110 Å². The molecule has 0 unspecified atom stereocenters. The second-order valence-corrected chi connectivity index (χ2v) is 26.4. The molecule has 2 atom stereocenters. The molecule has 2 aromatic heterocycles. The number of rotatable bonds is 21. The van der Waals surface area contributed by atoms with Crippen molar-refractivity contribution in [2.45, 2.75) is 148 Å². The molecule has 18 nitrogen and oxygen atoms in total. The number of hydrogen-bond donors (Lipinski definition) is 2. The van der Waals surface area contributed by atoms with E-state index in [0.717, 1.165) is 101 Å². The molecule has 5 aromatic rings. The van der Waals surface area contributed by atoms with Crippen LogP contribution in [0, 0.1) is 47.3 Å². The number of carbonyl (C=O) groups is 5. The fourth-order valence-electron chi connectivity index (χ4n) is 14.9. The van der Waals surface area contributed by atoms with Gasteiger partial charge in [0.15, 0.2) is 11.6 Å². The minimum Gasteiger partial charge on any atom is -0.469 e. The maximum absolute atomic E-state index is 13.5. The topological polar surface area (TPSA) is 216 Å². The van der Waals surface area contributed by atoms with Crippen LogP contribution in [0.5, 0.6) is 0 Å². The summed E-state index contributed by atoms with van der Waals surface area (Å²) in [5, 5.41) is 2.76. The van der Waals surface area contributed by atoms with E-state index in [-0.39, 0.29) is 61.7 Å². The summed E-state index contributed by atoms with van der Waals surface area (Å²) in [6.07, 6.45) is 29.7. The molecule has 0 spiro atoms. The van der Waals surface area contributed by atoms with Gasteiger partial charge in [0.1, 0.15) is 12.6 Å². The Morgan fingerprint density at radius 1 is 0.511 bits per heavy atom. The van der Waals surface area contributed by atoms with E-state index in [1.165, 1.54) is 117 Å². The van der Waals surface area contributed by atoms with Crippen molar-refractivity contribution in [3.8, 4) is 22.8 Å². The highest BCUT2D eigenvalue weighted by Crippen LogP contribution is 2.41. The van der Waals surface area contributed by atoms with Crippen LogP contribution in [-0.2, 0) is 52.8 Å². The molecule has 3 N–H and O–H groups in total. The summed E-state index contributed by atoms with van der Waals surface area (Å²) in [6.45, 7) is 10.3. The van der Waals surface area contributed by atoms with Crippen molar-refractivity contribution in [1.82, 2.24) is 35.1 Å². The molecule has 482 valence electrons. The Morgan fingerprint density at radius 3 is 1.32 bits per heavy atom. The quantitative estimate of drug-likeness (QED) is 0.0516. The standard InChI is InChI=1S/C40H51N5O5.C32H45N5O3/c1-3-7-28-10-14-31(15-11-28)32-18-20-44(21-19-32)35-23-41-37(42-24-35)33-16-12-29(13-17-33)22-36(38(46)45-25-34(26-45)39(47)49-2)43-40(48)50-27-30-8-5-4-6-9-30;1-3-4-22-5-9-24(10-6-22)25-13-15-36(16-14-25)28-18-34-30(35-19-28)26-11-7-23(8-12-26)17-29(33)31(38)37-20-27(21-37)32(39)40-2/h4-6,8-9,12-13,16-17,23-24,28,31-32,34,36H,3,7,10-11,14-15,18-22,25-27H2,1-2H3,(H,43,48);7-8,11-12,18-19,22,24-25,27,29H,3-6,9-10,13-17,20-21,33H2,1-2H3/t28?,31?,36-;22?,24?,29-/m00/s1. The normalized spacial score (nSPS) is 21.6. The third-order valence-electron chi connectivity index (χ3n) is 20.5. The smallest absolute Gasteiger partial charge is 0.408 e. The lowest BCUT2D eigenvalue weighted by Gasteiger charge is -2.39. The summed E-state index contributed by atoms with van der Waals surface area (Å²) < 4.78 is 15.0. The maximum Gasteiger partial charge on any atom is 0.408 e. The van der Waals surface area contributed by atoms with E-state index in [9.17, 15) is 24.0 Å². The summed E-state index contributed by atoms with van der Waals surface area (Å²) in [5.41, 5.74) is 12.9. The molecule has 3 aromatic carbocycles. The van der Waals surface area contributed by atoms with Crippen molar-refractivity contribution < 1.29 is 38.2 Å². The minimum atomic E-state index is -0.863. The lowest BCUT2D eigenvalue weighted by atomic mass is 9.72.